The number of nitrogens with two attached hydrogens (primary N) is 1. The van der Waals surface area contributed by atoms with E-state index in [0.29, 0.717) is 12.0 Å². The van der Waals surface area contributed by atoms with Crippen LogP contribution in [0.2, 0.25) is 5.02 Å². The summed E-state index contributed by atoms with van der Waals surface area (Å²) in [7, 11) is 0. The Hall–Kier alpha value is -0.770. The van der Waals surface area contributed by atoms with Crippen molar-refractivity contribution in [3.05, 3.63) is 28.8 Å². The van der Waals surface area contributed by atoms with Crippen LogP contribution in [0.1, 0.15) is 31.2 Å². The highest BCUT2D eigenvalue weighted by Crippen LogP contribution is 2.38. The lowest BCUT2D eigenvalue weighted by Crippen LogP contribution is -2.30. The smallest absolute Gasteiger partial charge is 0.123 e. The summed E-state index contributed by atoms with van der Waals surface area (Å²) < 4.78 is 6.03. The molecule has 0 spiro atoms. The molecule has 1 saturated heterocycles. The van der Waals surface area contributed by atoms with Gasteiger partial charge in [0.1, 0.15) is 5.75 Å². The molecule has 22 heavy (non-hydrogen) atoms. The fourth-order valence-electron chi connectivity index (χ4n) is 4.07. The molecule has 0 bridgehead atoms. The van der Waals surface area contributed by atoms with Crippen LogP contribution in [0.25, 0.3) is 0 Å². The van der Waals surface area contributed by atoms with Gasteiger partial charge < -0.3 is 10.5 Å². The van der Waals surface area contributed by atoms with Crippen LogP contribution in [-0.4, -0.2) is 30.6 Å². The van der Waals surface area contributed by atoms with Gasteiger partial charge in [-0.05, 0) is 61.6 Å². The second-order valence-corrected chi connectivity index (χ2v) is 7.80. The Morgan fingerprint density at radius 1 is 1.18 bits per heavy atom. The van der Waals surface area contributed by atoms with Crippen LogP contribution in [0.5, 0.6) is 5.75 Å². The zero-order chi connectivity index (χ0) is 15.1. The zero-order valence-electron chi connectivity index (χ0n) is 13.0. The number of likely N-dealkylation sites (tertiary alicyclic amines) is 1. The molecular weight excluding hydrogens is 296 g/mol. The Balaban J connectivity index is 1.44. The van der Waals surface area contributed by atoms with E-state index in [2.05, 4.69) is 11.0 Å². The highest BCUT2D eigenvalue weighted by molar-refractivity contribution is 6.30. The lowest BCUT2D eigenvalue weighted by atomic mass is 9.98. The maximum absolute atomic E-state index is 6.24. The maximum Gasteiger partial charge on any atom is 0.123 e. The van der Waals surface area contributed by atoms with E-state index in [0.717, 1.165) is 42.3 Å². The molecule has 0 amide bonds. The summed E-state index contributed by atoms with van der Waals surface area (Å²) in [5.41, 5.74) is 7.47. The molecule has 3 atom stereocenters. The minimum Gasteiger partial charge on any atom is -0.493 e. The van der Waals surface area contributed by atoms with Crippen LogP contribution in [0, 0.1) is 17.8 Å². The van der Waals surface area contributed by atoms with Crippen LogP contribution in [-0.2, 0) is 6.54 Å². The van der Waals surface area contributed by atoms with Crippen LogP contribution < -0.4 is 10.5 Å². The van der Waals surface area contributed by atoms with Crippen molar-refractivity contribution in [1.82, 2.24) is 4.90 Å². The van der Waals surface area contributed by atoms with Crippen molar-refractivity contribution < 1.29 is 4.74 Å². The van der Waals surface area contributed by atoms with Gasteiger partial charge >= 0.3 is 0 Å². The van der Waals surface area contributed by atoms with Crippen LogP contribution in [0.15, 0.2) is 18.2 Å². The average molecular weight is 321 g/mol. The summed E-state index contributed by atoms with van der Waals surface area (Å²) in [6.07, 6.45) is 5.13. The molecule has 1 aliphatic heterocycles. The molecule has 3 unspecified atom stereocenters. The van der Waals surface area contributed by atoms with E-state index in [-0.39, 0.29) is 0 Å². The standard InChI is InChI=1S/C18H25ClN2O/c19-15-4-6-18(22-11-12-1-2-12)14(7-15)9-21-8-13-3-5-17(20)16(13)10-21/h4,6-7,12-13,16-17H,1-3,5,8-11,20H2. The van der Waals surface area contributed by atoms with Crippen molar-refractivity contribution in [2.75, 3.05) is 19.7 Å². The van der Waals surface area contributed by atoms with E-state index >= 15 is 0 Å². The van der Waals surface area contributed by atoms with Crippen molar-refractivity contribution in [3.63, 3.8) is 0 Å². The van der Waals surface area contributed by atoms with Gasteiger partial charge in [0, 0.05) is 36.3 Å². The third-order valence-electron chi connectivity index (χ3n) is 5.58. The van der Waals surface area contributed by atoms with Gasteiger partial charge in [-0.15, -0.1) is 0 Å². The average Bonchev–Trinajstić information content (AvgIpc) is 3.14. The van der Waals surface area contributed by atoms with Gasteiger partial charge in [-0.2, -0.15) is 0 Å². The first-order valence-electron chi connectivity index (χ1n) is 8.58. The summed E-state index contributed by atoms with van der Waals surface area (Å²) in [6.45, 7) is 4.08. The van der Waals surface area contributed by atoms with Gasteiger partial charge in [-0.25, -0.2) is 0 Å². The molecule has 3 aliphatic rings. The minimum absolute atomic E-state index is 0.403. The second kappa shape index (κ2) is 6.03. The van der Waals surface area contributed by atoms with Crippen molar-refractivity contribution in [2.24, 2.45) is 23.5 Å². The van der Waals surface area contributed by atoms with Gasteiger partial charge in [0.05, 0.1) is 6.61 Å². The summed E-state index contributed by atoms with van der Waals surface area (Å²) in [6, 6.07) is 6.43. The fourth-order valence-corrected chi connectivity index (χ4v) is 4.27. The predicted molar refractivity (Wildman–Crippen MR) is 89.1 cm³/mol. The largest absolute Gasteiger partial charge is 0.493 e. The second-order valence-electron chi connectivity index (χ2n) is 7.37. The Labute approximate surface area is 137 Å². The van der Waals surface area contributed by atoms with Gasteiger partial charge in [-0.1, -0.05) is 11.6 Å². The quantitative estimate of drug-likeness (QED) is 0.904. The predicted octanol–water partition coefficient (Wildman–Crippen LogP) is 3.30. The van der Waals surface area contributed by atoms with E-state index in [9.17, 15) is 0 Å². The first-order chi connectivity index (χ1) is 10.7. The number of nitrogens with zero attached hydrogens (tertiary/aromatic N) is 1. The summed E-state index contributed by atoms with van der Waals surface area (Å²) in [5.74, 6) is 3.27. The van der Waals surface area contributed by atoms with Crippen LogP contribution >= 0.6 is 11.6 Å². The van der Waals surface area contributed by atoms with Crippen molar-refractivity contribution in [1.29, 1.82) is 0 Å². The van der Waals surface area contributed by atoms with Crippen LogP contribution in [0.3, 0.4) is 0 Å². The van der Waals surface area contributed by atoms with Gasteiger partial charge in [0.25, 0.3) is 0 Å². The van der Waals surface area contributed by atoms with E-state index in [4.69, 9.17) is 22.1 Å². The molecular formula is C18H25ClN2O. The van der Waals surface area contributed by atoms with Gasteiger partial charge in [-0.3, -0.25) is 4.90 Å². The molecule has 3 fully saturated rings. The molecule has 3 nitrogen and oxygen atoms in total. The van der Waals surface area contributed by atoms with E-state index in [1.54, 1.807) is 0 Å². The Kier molecular flexibility index (Phi) is 4.05. The molecule has 4 heteroatoms. The summed E-state index contributed by atoms with van der Waals surface area (Å²) in [4.78, 5) is 2.53. The topological polar surface area (TPSA) is 38.5 Å². The third-order valence-corrected chi connectivity index (χ3v) is 5.81. The lowest BCUT2D eigenvalue weighted by molar-refractivity contribution is 0.272. The van der Waals surface area contributed by atoms with E-state index in [1.165, 1.54) is 37.8 Å². The number of benzene rings is 1. The highest BCUT2D eigenvalue weighted by Gasteiger charge is 2.40. The highest BCUT2D eigenvalue weighted by atomic mass is 35.5. The van der Waals surface area contributed by atoms with Gasteiger partial charge in [0.15, 0.2) is 0 Å². The van der Waals surface area contributed by atoms with Crippen molar-refractivity contribution in [3.8, 4) is 5.75 Å². The maximum atomic E-state index is 6.24. The monoisotopic (exact) mass is 320 g/mol. The number of hydrogen-bond acceptors (Lipinski definition) is 3. The Bertz CT molecular complexity index is 546. The molecule has 4 rings (SSSR count). The van der Waals surface area contributed by atoms with Gasteiger partial charge in [0.2, 0.25) is 0 Å². The fraction of sp³-hybridized carbons (Fsp3) is 0.667. The lowest BCUT2D eigenvalue weighted by Gasteiger charge is -2.20. The first kappa shape index (κ1) is 14.8. The minimum atomic E-state index is 0.403. The molecule has 120 valence electrons. The number of ether oxygens (including phenoxy) is 1. The molecule has 1 aromatic carbocycles. The van der Waals surface area contributed by atoms with E-state index in [1.807, 2.05) is 12.1 Å². The van der Waals surface area contributed by atoms with Crippen molar-refractivity contribution >= 4 is 11.6 Å². The SMILES string of the molecule is NC1CCC2CN(Cc3cc(Cl)ccc3OCC3CC3)CC12. The summed E-state index contributed by atoms with van der Waals surface area (Å²) >= 11 is 6.20. The molecule has 1 aromatic rings. The van der Waals surface area contributed by atoms with E-state index < -0.39 is 0 Å². The molecule has 1 heterocycles. The number of hydrogen-bond donors (Lipinski definition) is 1. The molecule has 2 saturated carbocycles. The van der Waals surface area contributed by atoms with Crippen LogP contribution in [0.4, 0.5) is 0 Å². The summed E-state index contributed by atoms with van der Waals surface area (Å²) in [5, 5.41) is 0.796. The van der Waals surface area contributed by atoms with Crippen molar-refractivity contribution in [2.45, 2.75) is 38.3 Å². The third kappa shape index (κ3) is 3.12. The molecule has 2 N–H and O–H groups in total. The Morgan fingerprint density at radius 3 is 2.82 bits per heavy atom. The Morgan fingerprint density at radius 2 is 2.05 bits per heavy atom. The molecule has 2 aliphatic carbocycles. The number of rotatable bonds is 5. The number of fused-ring (bicyclic) bond motifs is 1. The molecule has 0 radical (unpaired) electrons. The molecule has 0 aromatic heterocycles. The first-order valence-corrected chi connectivity index (χ1v) is 8.96. The zero-order valence-corrected chi connectivity index (χ0v) is 13.8. The number of halogens is 1. The normalized spacial score (nSPS) is 31.5.